The predicted octanol–water partition coefficient (Wildman–Crippen LogP) is 1.05. The van der Waals surface area contributed by atoms with Crippen molar-refractivity contribution in [1.29, 1.82) is 0 Å². The van der Waals surface area contributed by atoms with Crippen LogP contribution in [0.5, 0.6) is 0 Å². The van der Waals surface area contributed by atoms with Gasteiger partial charge in [-0.15, -0.1) is 0 Å². The Balaban J connectivity index is 2.08. The lowest BCUT2D eigenvalue weighted by Crippen LogP contribution is -2.33. The number of rotatable bonds is 3. The first-order valence-electron chi connectivity index (χ1n) is 5.15. The van der Waals surface area contributed by atoms with Gasteiger partial charge in [0, 0.05) is 13.2 Å². The van der Waals surface area contributed by atoms with E-state index in [1.165, 1.54) is 12.4 Å². The molecule has 0 aliphatic carbocycles. The van der Waals surface area contributed by atoms with E-state index in [1.807, 2.05) is 0 Å². The van der Waals surface area contributed by atoms with Crippen LogP contribution in [0.15, 0.2) is 12.4 Å². The summed E-state index contributed by atoms with van der Waals surface area (Å²) in [6.07, 6.45) is 3.58. The normalized spacial score (nSPS) is 17.9. The molecule has 8 heteroatoms. The Bertz CT molecular complexity index is 471. The van der Waals surface area contributed by atoms with Gasteiger partial charge in [-0.25, -0.2) is 18.4 Å². The number of sulfonamides is 1. The maximum absolute atomic E-state index is 12.0. The summed E-state index contributed by atoms with van der Waals surface area (Å²) in [5.74, 6) is 0.181. The molecule has 1 aromatic rings. The smallest absolute Gasteiger partial charge is 0.236 e. The molecule has 1 aromatic heterocycles. The third-order valence-electron chi connectivity index (χ3n) is 2.47. The highest BCUT2D eigenvalue weighted by atomic mass is 35.5. The molecule has 94 valence electrons. The van der Waals surface area contributed by atoms with E-state index >= 15 is 0 Å². The number of hydrogen-bond acceptors (Lipinski definition) is 5. The van der Waals surface area contributed by atoms with E-state index in [-0.39, 0.29) is 11.0 Å². The first-order valence-corrected chi connectivity index (χ1v) is 7.07. The van der Waals surface area contributed by atoms with Crippen LogP contribution in [0.4, 0.5) is 5.82 Å². The molecule has 0 spiro atoms. The molecule has 1 aliphatic rings. The maximum Gasteiger partial charge on any atom is 0.236 e. The van der Waals surface area contributed by atoms with Crippen molar-refractivity contribution in [1.82, 2.24) is 9.97 Å². The fourth-order valence-corrected chi connectivity index (χ4v) is 3.05. The zero-order chi connectivity index (χ0) is 12.3. The van der Waals surface area contributed by atoms with Crippen molar-refractivity contribution < 1.29 is 13.2 Å². The van der Waals surface area contributed by atoms with Crippen LogP contribution in [0.25, 0.3) is 0 Å². The molecule has 1 saturated heterocycles. The van der Waals surface area contributed by atoms with Crippen LogP contribution in [-0.4, -0.2) is 36.8 Å². The van der Waals surface area contributed by atoms with Crippen LogP contribution < -0.4 is 4.72 Å². The van der Waals surface area contributed by atoms with Gasteiger partial charge in [0.05, 0.1) is 17.6 Å². The highest BCUT2D eigenvalue weighted by molar-refractivity contribution is 7.93. The summed E-state index contributed by atoms with van der Waals surface area (Å²) in [4.78, 5) is 7.60. The van der Waals surface area contributed by atoms with Crippen LogP contribution in [0, 0.1) is 0 Å². The van der Waals surface area contributed by atoms with Gasteiger partial charge in [0.15, 0.2) is 5.82 Å². The van der Waals surface area contributed by atoms with Crippen LogP contribution in [0.1, 0.15) is 12.8 Å². The summed E-state index contributed by atoms with van der Waals surface area (Å²) in [7, 11) is -3.42. The number of hydrogen-bond donors (Lipinski definition) is 1. The maximum atomic E-state index is 12.0. The van der Waals surface area contributed by atoms with Crippen LogP contribution in [-0.2, 0) is 14.8 Å². The summed E-state index contributed by atoms with van der Waals surface area (Å²) in [5, 5.41) is -0.215. The molecule has 0 aromatic carbocycles. The summed E-state index contributed by atoms with van der Waals surface area (Å²) in [5.41, 5.74) is 0. The van der Waals surface area contributed by atoms with Gasteiger partial charge < -0.3 is 4.74 Å². The van der Waals surface area contributed by atoms with E-state index in [0.717, 1.165) is 0 Å². The first kappa shape index (κ1) is 12.5. The van der Waals surface area contributed by atoms with Crippen molar-refractivity contribution in [3.8, 4) is 0 Å². The van der Waals surface area contributed by atoms with E-state index in [1.54, 1.807) is 0 Å². The molecule has 2 heterocycles. The first-order chi connectivity index (χ1) is 8.08. The Labute approximate surface area is 104 Å². The van der Waals surface area contributed by atoms with E-state index < -0.39 is 15.3 Å². The van der Waals surface area contributed by atoms with Gasteiger partial charge in [-0.2, -0.15) is 0 Å². The molecular formula is C9H12ClN3O3S. The zero-order valence-corrected chi connectivity index (χ0v) is 10.5. The highest BCUT2D eigenvalue weighted by Crippen LogP contribution is 2.18. The molecule has 0 unspecified atom stereocenters. The minimum Gasteiger partial charge on any atom is -0.381 e. The predicted molar refractivity (Wildman–Crippen MR) is 63.4 cm³/mol. The van der Waals surface area contributed by atoms with Crippen molar-refractivity contribution in [2.75, 3.05) is 17.9 Å². The summed E-state index contributed by atoms with van der Waals surface area (Å²) >= 11 is 5.56. The molecule has 0 bridgehead atoms. The highest BCUT2D eigenvalue weighted by Gasteiger charge is 2.27. The van der Waals surface area contributed by atoms with Crippen molar-refractivity contribution in [2.45, 2.75) is 18.1 Å². The number of nitrogens with zero attached hydrogens (tertiary/aromatic N) is 2. The van der Waals surface area contributed by atoms with Gasteiger partial charge in [-0.1, -0.05) is 11.6 Å². The lowest BCUT2D eigenvalue weighted by Gasteiger charge is -2.22. The lowest BCUT2D eigenvalue weighted by atomic mass is 10.2. The molecule has 0 radical (unpaired) electrons. The van der Waals surface area contributed by atoms with Gasteiger partial charge in [0.2, 0.25) is 10.0 Å². The Morgan fingerprint density at radius 2 is 2.00 bits per heavy atom. The topological polar surface area (TPSA) is 81.2 Å². The van der Waals surface area contributed by atoms with Gasteiger partial charge in [-0.05, 0) is 12.8 Å². The molecule has 6 nitrogen and oxygen atoms in total. The fraction of sp³-hybridized carbons (Fsp3) is 0.556. The molecular weight excluding hydrogens is 266 g/mol. The third-order valence-corrected chi connectivity index (χ3v) is 4.51. The molecule has 2 rings (SSSR count). The molecule has 0 atom stereocenters. The van der Waals surface area contributed by atoms with Gasteiger partial charge >= 0.3 is 0 Å². The van der Waals surface area contributed by atoms with Crippen molar-refractivity contribution >= 4 is 27.4 Å². The van der Waals surface area contributed by atoms with Crippen molar-refractivity contribution in [2.24, 2.45) is 0 Å². The minimum atomic E-state index is -3.42. The fourth-order valence-electron chi connectivity index (χ4n) is 1.58. The monoisotopic (exact) mass is 277 g/mol. The second-order valence-corrected chi connectivity index (χ2v) is 6.03. The van der Waals surface area contributed by atoms with Crippen LogP contribution in [0.3, 0.4) is 0 Å². The summed E-state index contributed by atoms with van der Waals surface area (Å²) in [6, 6.07) is 0. The second-order valence-electron chi connectivity index (χ2n) is 3.68. The number of anilines is 1. The van der Waals surface area contributed by atoms with Gasteiger partial charge in [0.25, 0.3) is 0 Å². The van der Waals surface area contributed by atoms with Crippen molar-refractivity contribution in [3.63, 3.8) is 0 Å². The van der Waals surface area contributed by atoms with Crippen LogP contribution in [0.2, 0.25) is 5.15 Å². The third kappa shape index (κ3) is 3.27. The zero-order valence-electron chi connectivity index (χ0n) is 8.97. The minimum absolute atomic E-state index is 0.181. The summed E-state index contributed by atoms with van der Waals surface area (Å²) < 4.78 is 31.5. The Hall–Kier alpha value is -0.920. The van der Waals surface area contributed by atoms with E-state index in [4.69, 9.17) is 16.3 Å². The molecule has 1 fully saturated rings. The number of halogens is 1. The standard InChI is InChI=1S/C9H12ClN3O3S/c10-8-5-12-9(6-11-8)13-17(14,15)7-1-3-16-4-2-7/h5-7H,1-4H2,(H,12,13). The number of ether oxygens (including phenoxy) is 1. The van der Waals surface area contributed by atoms with Gasteiger partial charge in [-0.3, -0.25) is 4.72 Å². The second kappa shape index (κ2) is 5.16. The molecule has 0 saturated carbocycles. The molecule has 17 heavy (non-hydrogen) atoms. The number of nitrogens with one attached hydrogen (secondary N) is 1. The lowest BCUT2D eigenvalue weighted by molar-refractivity contribution is 0.0984. The Morgan fingerprint density at radius 3 is 2.59 bits per heavy atom. The van der Waals surface area contributed by atoms with Crippen molar-refractivity contribution in [3.05, 3.63) is 17.5 Å². The number of aromatic nitrogens is 2. The molecule has 1 aliphatic heterocycles. The van der Waals surface area contributed by atoms with E-state index in [0.29, 0.717) is 26.1 Å². The quantitative estimate of drug-likeness (QED) is 0.893. The average Bonchev–Trinajstić information content (AvgIpc) is 2.33. The summed E-state index contributed by atoms with van der Waals surface area (Å²) in [6.45, 7) is 0.940. The van der Waals surface area contributed by atoms with E-state index in [2.05, 4.69) is 14.7 Å². The Morgan fingerprint density at radius 1 is 1.29 bits per heavy atom. The molecule has 0 amide bonds. The van der Waals surface area contributed by atoms with E-state index in [9.17, 15) is 8.42 Å². The molecule has 1 N–H and O–H groups in total. The SMILES string of the molecule is O=S(=O)(Nc1cnc(Cl)cn1)C1CCOCC1. The van der Waals surface area contributed by atoms with Crippen LogP contribution >= 0.6 is 11.6 Å². The average molecular weight is 278 g/mol. The van der Waals surface area contributed by atoms with Gasteiger partial charge in [0.1, 0.15) is 5.15 Å². The largest absolute Gasteiger partial charge is 0.381 e. The Kier molecular flexibility index (Phi) is 3.80.